The van der Waals surface area contributed by atoms with Crippen LogP contribution in [0.15, 0.2) is 60.7 Å². The first kappa shape index (κ1) is 19.8. The molecule has 8 heteroatoms. The Hall–Kier alpha value is -3.94. The lowest BCUT2D eigenvalue weighted by Gasteiger charge is -2.11. The molecule has 3 rings (SSSR count). The first-order valence-electron chi connectivity index (χ1n) is 8.93. The van der Waals surface area contributed by atoms with Gasteiger partial charge in [0.1, 0.15) is 5.75 Å². The Morgan fingerprint density at radius 3 is 2.34 bits per heavy atom. The zero-order valence-corrected chi connectivity index (χ0v) is 16.0. The molecule has 0 atom stereocenters. The van der Waals surface area contributed by atoms with Gasteiger partial charge in [-0.25, -0.2) is 4.79 Å². The highest BCUT2D eigenvalue weighted by Crippen LogP contribution is 2.24. The minimum absolute atomic E-state index is 0.139. The van der Waals surface area contributed by atoms with Crippen LogP contribution in [0.1, 0.15) is 27.8 Å². The van der Waals surface area contributed by atoms with Crippen molar-refractivity contribution in [3.8, 4) is 5.75 Å². The third-order valence-electron chi connectivity index (χ3n) is 3.94. The highest BCUT2D eigenvalue weighted by molar-refractivity contribution is 6.03. The van der Waals surface area contributed by atoms with Crippen molar-refractivity contribution in [2.24, 2.45) is 0 Å². The van der Waals surface area contributed by atoms with E-state index in [2.05, 4.69) is 20.8 Å². The Labute approximate surface area is 167 Å². The van der Waals surface area contributed by atoms with E-state index < -0.39 is 11.9 Å². The number of ether oxygens (including phenoxy) is 2. The number of hydrogen-bond acceptors (Lipinski definition) is 7. The number of carbonyl (C=O) groups is 2. The predicted octanol–water partition coefficient (Wildman–Crippen LogP) is 3.66. The molecule has 0 fully saturated rings. The molecule has 29 heavy (non-hydrogen) atoms. The van der Waals surface area contributed by atoms with Crippen LogP contribution < -0.4 is 15.4 Å². The van der Waals surface area contributed by atoms with Crippen molar-refractivity contribution < 1.29 is 19.1 Å². The number of methoxy groups -OCH3 is 1. The molecule has 0 bridgehead atoms. The summed E-state index contributed by atoms with van der Waals surface area (Å²) in [5.41, 5.74) is 1.59. The van der Waals surface area contributed by atoms with E-state index in [1.165, 1.54) is 13.2 Å². The van der Waals surface area contributed by atoms with E-state index in [0.29, 0.717) is 28.5 Å². The maximum absolute atomic E-state index is 12.4. The zero-order chi connectivity index (χ0) is 20.6. The van der Waals surface area contributed by atoms with Gasteiger partial charge >= 0.3 is 5.97 Å². The molecule has 1 aromatic heterocycles. The molecule has 8 nitrogen and oxygen atoms in total. The Kier molecular flexibility index (Phi) is 6.36. The number of rotatable bonds is 7. The summed E-state index contributed by atoms with van der Waals surface area (Å²) in [7, 11) is 1.53. The van der Waals surface area contributed by atoms with Crippen LogP contribution in [0.4, 0.5) is 17.2 Å². The molecule has 1 heterocycles. The Morgan fingerprint density at radius 1 is 0.931 bits per heavy atom. The lowest BCUT2D eigenvalue weighted by atomic mass is 10.2. The maximum atomic E-state index is 12.4. The molecule has 0 radical (unpaired) electrons. The van der Waals surface area contributed by atoms with Crippen LogP contribution in [0.3, 0.4) is 0 Å². The molecular formula is C21H20N4O4. The average Bonchev–Trinajstić information content (AvgIpc) is 2.75. The number of anilines is 3. The quantitative estimate of drug-likeness (QED) is 0.592. The molecule has 0 unspecified atom stereocenters. The maximum Gasteiger partial charge on any atom is 0.340 e. The monoisotopic (exact) mass is 392 g/mol. The number of amides is 1. The van der Waals surface area contributed by atoms with E-state index >= 15 is 0 Å². The van der Waals surface area contributed by atoms with Gasteiger partial charge in [0.15, 0.2) is 11.5 Å². The molecule has 2 N–H and O–H groups in total. The largest absolute Gasteiger partial charge is 0.495 e. The summed E-state index contributed by atoms with van der Waals surface area (Å²) < 4.78 is 10.3. The average molecular weight is 392 g/mol. The first-order valence-corrected chi connectivity index (χ1v) is 8.93. The lowest BCUT2D eigenvalue weighted by molar-refractivity contribution is 0.0527. The van der Waals surface area contributed by atoms with Crippen LogP contribution in [0.2, 0.25) is 0 Å². The lowest BCUT2D eigenvalue weighted by Crippen LogP contribution is -2.15. The SMILES string of the molecule is CCOC(=O)c1ccccc1Nc1ccc(C(=O)Nc2ccccc2OC)nn1. The zero-order valence-electron chi connectivity index (χ0n) is 16.0. The summed E-state index contributed by atoms with van der Waals surface area (Å²) in [5, 5.41) is 13.7. The minimum Gasteiger partial charge on any atom is -0.495 e. The van der Waals surface area contributed by atoms with Gasteiger partial charge in [0.25, 0.3) is 5.91 Å². The first-order chi connectivity index (χ1) is 14.1. The van der Waals surface area contributed by atoms with E-state index in [4.69, 9.17) is 9.47 Å². The molecule has 1 amide bonds. The van der Waals surface area contributed by atoms with Gasteiger partial charge in [-0.1, -0.05) is 24.3 Å². The van der Waals surface area contributed by atoms with Gasteiger partial charge in [-0.15, -0.1) is 10.2 Å². The predicted molar refractivity (Wildman–Crippen MR) is 109 cm³/mol. The number of para-hydroxylation sites is 3. The number of nitrogens with zero attached hydrogens (tertiary/aromatic N) is 2. The van der Waals surface area contributed by atoms with Gasteiger partial charge in [-0.05, 0) is 43.3 Å². The summed E-state index contributed by atoms with van der Waals surface area (Å²) in [5.74, 6) is 0.0788. The van der Waals surface area contributed by atoms with E-state index in [9.17, 15) is 9.59 Å². The van der Waals surface area contributed by atoms with Gasteiger partial charge in [0, 0.05) is 0 Å². The number of aromatic nitrogens is 2. The molecule has 3 aromatic rings. The smallest absolute Gasteiger partial charge is 0.340 e. The van der Waals surface area contributed by atoms with Gasteiger partial charge in [0.05, 0.1) is 30.7 Å². The van der Waals surface area contributed by atoms with Crippen LogP contribution in [-0.2, 0) is 4.74 Å². The Morgan fingerprint density at radius 2 is 1.66 bits per heavy atom. The van der Waals surface area contributed by atoms with Crippen LogP contribution in [0.25, 0.3) is 0 Å². The molecular weight excluding hydrogens is 372 g/mol. The molecule has 0 saturated heterocycles. The number of nitrogens with one attached hydrogen (secondary N) is 2. The standard InChI is InChI=1S/C21H20N4O4/c1-3-29-21(27)14-8-4-5-9-15(14)22-19-13-12-17(24-25-19)20(26)23-16-10-6-7-11-18(16)28-2/h4-13H,3H2,1-2H3,(H,22,25)(H,23,26). The van der Waals surface area contributed by atoms with Crippen molar-refractivity contribution in [1.29, 1.82) is 0 Å². The van der Waals surface area contributed by atoms with E-state index in [1.807, 2.05) is 6.07 Å². The molecule has 0 saturated carbocycles. The number of hydrogen-bond donors (Lipinski definition) is 2. The highest BCUT2D eigenvalue weighted by Gasteiger charge is 2.14. The molecule has 0 aliphatic carbocycles. The van der Waals surface area contributed by atoms with Crippen LogP contribution in [0.5, 0.6) is 5.75 Å². The van der Waals surface area contributed by atoms with Crippen molar-refractivity contribution in [2.45, 2.75) is 6.92 Å². The van der Waals surface area contributed by atoms with Crippen molar-refractivity contribution in [2.75, 3.05) is 24.4 Å². The van der Waals surface area contributed by atoms with Gasteiger partial charge < -0.3 is 20.1 Å². The fourth-order valence-corrected chi connectivity index (χ4v) is 2.57. The second-order valence-electron chi connectivity index (χ2n) is 5.85. The van der Waals surface area contributed by atoms with Crippen molar-refractivity contribution in [3.05, 3.63) is 71.9 Å². The van der Waals surface area contributed by atoms with Crippen molar-refractivity contribution >= 4 is 29.1 Å². The molecule has 0 spiro atoms. The Balaban J connectivity index is 1.73. The third kappa shape index (κ3) is 4.86. The second kappa shape index (κ2) is 9.32. The third-order valence-corrected chi connectivity index (χ3v) is 3.94. The normalized spacial score (nSPS) is 10.1. The summed E-state index contributed by atoms with van der Waals surface area (Å²) in [6.45, 7) is 2.03. The van der Waals surface area contributed by atoms with E-state index in [1.54, 1.807) is 55.5 Å². The van der Waals surface area contributed by atoms with E-state index in [-0.39, 0.29) is 12.3 Å². The molecule has 148 valence electrons. The summed E-state index contributed by atoms with van der Waals surface area (Å²) in [6.07, 6.45) is 0. The fraction of sp³-hybridized carbons (Fsp3) is 0.143. The van der Waals surface area contributed by atoms with Crippen molar-refractivity contribution in [1.82, 2.24) is 10.2 Å². The fourth-order valence-electron chi connectivity index (χ4n) is 2.57. The number of benzene rings is 2. The number of carbonyl (C=O) groups excluding carboxylic acids is 2. The summed E-state index contributed by atoms with van der Waals surface area (Å²) in [4.78, 5) is 24.5. The summed E-state index contributed by atoms with van der Waals surface area (Å²) >= 11 is 0. The highest BCUT2D eigenvalue weighted by atomic mass is 16.5. The second-order valence-corrected chi connectivity index (χ2v) is 5.85. The van der Waals surface area contributed by atoms with Gasteiger partial charge in [0.2, 0.25) is 0 Å². The minimum atomic E-state index is -0.434. The van der Waals surface area contributed by atoms with E-state index in [0.717, 1.165) is 0 Å². The van der Waals surface area contributed by atoms with Gasteiger partial charge in [-0.3, -0.25) is 4.79 Å². The Bertz CT molecular complexity index is 1010. The van der Waals surface area contributed by atoms with Crippen LogP contribution >= 0.6 is 0 Å². The molecule has 2 aromatic carbocycles. The number of esters is 1. The van der Waals surface area contributed by atoms with Crippen molar-refractivity contribution in [3.63, 3.8) is 0 Å². The van der Waals surface area contributed by atoms with Gasteiger partial charge in [-0.2, -0.15) is 0 Å². The topological polar surface area (TPSA) is 102 Å². The van der Waals surface area contributed by atoms with Crippen LogP contribution in [-0.4, -0.2) is 35.8 Å². The molecule has 0 aliphatic heterocycles. The summed E-state index contributed by atoms with van der Waals surface area (Å²) in [6, 6.07) is 17.1. The van der Waals surface area contributed by atoms with Crippen LogP contribution in [0, 0.1) is 0 Å². The molecule has 0 aliphatic rings.